The molecule has 0 saturated carbocycles. The molecule has 0 aliphatic carbocycles. The standard InChI is InChI=1S/C16H32N2O/c1-5-16(6-2)12-15(8-10-19-16)17-14-7-9-18(4)13(3)11-14/h13-15,17H,5-12H2,1-4H3. The van der Waals surface area contributed by atoms with E-state index in [1.807, 2.05) is 0 Å². The van der Waals surface area contributed by atoms with Crippen LogP contribution in [0.15, 0.2) is 0 Å². The maximum absolute atomic E-state index is 6.07. The van der Waals surface area contributed by atoms with Gasteiger partial charge < -0.3 is 15.0 Å². The SMILES string of the molecule is CCC1(CC)CC(NC2CCN(C)C(C)C2)CCO1. The van der Waals surface area contributed by atoms with Crippen LogP contribution in [0.3, 0.4) is 0 Å². The highest BCUT2D eigenvalue weighted by atomic mass is 16.5. The predicted octanol–water partition coefficient (Wildman–Crippen LogP) is 2.80. The molecule has 3 nitrogen and oxygen atoms in total. The van der Waals surface area contributed by atoms with Crippen LogP contribution < -0.4 is 5.32 Å². The lowest BCUT2D eigenvalue weighted by Gasteiger charge is -2.43. The van der Waals surface area contributed by atoms with Crippen LogP contribution in [0.25, 0.3) is 0 Å². The van der Waals surface area contributed by atoms with Crippen LogP contribution in [-0.2, 0) is 4.74 Å². The number of ether oxygens (including phenoxy) is 1. The molecule has 3 heteroatoms. The lowest BCUT2D eigenvalue weighted by atomic mass is 9.85. The van der Waals surface area contributed by atoms with Crippen molar-refractivity contribution in [2.75, 3.05) is 20.2 Å². The fourth-order valence-electron chi connectivity index (χ4n) is 3.69. The molecule has 1 N–H and O–H groups in total. The molecule has 0 aromatic heterocycles. The lowest BCUT2D eigenvalue weighted by molar-refractivity contribution is -0.0948. The monoisotopic (exact) mass is 268 g/mol. The third-order valence-corrected chi connectivity index (χ3v) is 5.46. The average molecular weight is 268 g/mol. The van der Waals surface area contributed by atoms with E-state index in [1.165, 1.54) is 32.2 Å². The van der Waals surface area contributed by atoms with Crippen molar-refractivity contribution in [1.82, 2.24) is 10.2 Å². The third kappa shape index (κ3) is 3.71. The summed E-state index contributed by atoms with van der Waals surface area (Å²) < 4.78 is 6.07. The third-order valence-electron chi connectivity index (χ3n) is 5.46. The van der Waals surface area contributed by atoms with Crippen molar-refractivity contribution in [2.45, 2.75) is 83.0 Å². The van der Waals surface area contributed by atoms with Crippen LogP contribution in [0.5, 0.6) is 0 Å². The van der Waals surface area contributed by atoms with E-state index >= 15 is 0 Å². The van der Waals surface area contributed by atoms with E-state index in [9.17, 15) is 0 Å². The van der Waals surface area contributed by atoms with Crippen LogP contribution in [0, 0.1) is 0 Å². The van der Waals surface area contributed by atoms with E-state index in [4.69, 9.17) is 4.74 Å². The Kier molecular flexibility index (Phi) is 5.27. The Balaban J connectivity index is 1.85. The van der Waals surface area contributed by atoms with Crippen molar-refractivity contribution in [3.63, 3.8) is 0 Å². The van der Waals surface area contributed by atoms with E-state index in [0.717, 1.165) is 19.4 Å². The molecule has 0 radical (unpaired) electrons. The summed E-state index contributed by atoms with van der Waals surface area (Å²) in [6.07, 6.45) is 7.25. The summed E-state index contributed by atoms with van der Waals surface area (Å²) in [6, 6.07) is 2.09. The molecule has 2 aliphatic heterocycles. The number of nitrogens with zero attached hydrogens (tertiary/aromatic N) is 1. The first-order chi connectivity index (χ1) is 9.08. The zero-order valence-corrected chi connectivity index (χ0v) is 13.2. The molecule has 3 unspecified atom stereocenters. The normalized spacial score (nSPS) is 36.3. The smallest absolute Gasteiger partial charge is 0.0692 e. The molecule has 0 aromatic rings. The van der Waals surface area contributed by atoms with Crippen LogP contribution in [0.2, 0.25) is 0 Å². The first-order valence-electron chi connectivity index (χ1n) is 8.19. The van der Waals surface area contributed by atoms with Crippen molar-refractivity contribution >= 4 is 0 Å². The van der Waals surface area contributed by atoms with Crippen molar-refractivity contribution in [1.29, 1.82) is 0 Å². The van der Waals surface area contributed by atoms with Gasteiger partial charge in [0.25, 0.3) is 0 Å². The van der Waals surface area contributed by atoms with Gasteiger partial charge in [0.15, 0.2) is 0 Å². The summed E-state index contributed by atoms with van der Waals surface area (Å²) in [5.41, 5.74) is 0.146. The van der Waals surface area contributed by atoms with Crippen LogP contribution in [0.4, 0.5) is 0 Å². The number of nitrogens with one attached hydrogen (secondary N) is 1. The van der Waals surface area contributed by atoms with Gasteiger partial charge in [-0.3, -0.25) is 0 Å². The van der Waals surface area contributed by atoms with Crippen LogP contribution in [0.1, 0.15) is 59.3 Å². The summed E-state index contributed by atoms with van der Waals surface area (Å²) >= 11 is 0. The number of hydrogen-bond donors (Lipinski definition) is 1. The predicted molar refractivity (Wildman–Crippen MR) is 80.5 cm³/mol. The number of rotatable bonds is 4. The van der Waals surface area contributed by atoms with E-state index in [-0.39, 0.29) is 5.60 Å². The Bertz CT molecular complexity index is 278. The van der Waals surface area contributed by atoms with Gasteiger partial charge in [0.2, 0.25) is 0 Å². The molecular formula is C16H32N2O. The summed E-state index contributed by atoms with van der Waals surface area (Å²) in [6.45, 7) is 9.05. The number of hydrogen-bond acceptors (Lipinski definition) is 3. The Morgan fingerprint density at radius 2 is 1.95 bits per heavy atom. The van der Waals surface area contributed by atoms with Crippen molar-refractivity contribution in [3.05, 3.63) is 0 Å². The summed E-state index contributed by atoms with van der Waals surface area (Å²) in [4.78, 5) is 2.48. The quantitative estimate of drug-likeness (QED) is 0.848. The number of piperidine rings is 1. The van der Waals surface area contributed by atoms with Gasteiger partial charge in [-0.05, 0) is 59.0 Å². The highest BCUT2D eigenvalue weighted by molar-refractivity contribution is 4.91. The first kappa shape index (κ1) is 15.3. The van der Waals surface area contributed by atoms with E-state index in [0.29, 0.717) is 18.1 Å². The molecule has 112 valence electrons. The topological polar surface area (TPSA) is 24.5 Å². The molecule has 0 amide bonds. The Morgan fingerprint density at radius 1 is 1.21 bits per heavy atom. The largest absolute Gasteiger partial charge is 0.375 e. The van der Waals surface area contributed by atoms with E-state index in [2.05, 4.69) is 38.0 Å². The van der Waals surface area contributed by atoms with Gasteiger partial charge in [-0.25, -0.2) is 0 Å². The van der Waals surface area contributed by atoms with Crippen molar-refractivity contribution < 1.29 is 4.74 Å². The Labute approximate surface area is 119 Å². The van der Waals surface area contributed by atoms with Crippen molar-refractivity contribution in [2.24, 2.45) is 0 Å². The van der Waals surface area contributed by atoms with Gasteiger partial charge in [0, 0.05) is 24.7 Å². The molecule has 19 heavy (non-hydrogen) atoms. The van der Waals surface area contributed by atoms with Crippen LogP contribution >= 0.6 is 0 Å². The van der Waals surface area contributed by atoms with E-state index in [1.54, 1.807) is 0 Å². The molecule has 0 aromatic carbocycles. The zero-order valence-electron chi connectivity index (χ0n) is 13.2. The Morgan fingerprint density at radius 3 is 2.58 bits per heavy atom. The molecule has 2 saturated heterocycles. The maximum Gasteiger partial charge on any atom is 0.0692 e. The minimum atomic E-state index is 0.146. The second-order valence-corrected chi connectivity index (χ2v) is 6.65. The van der Waals surface area contributed by atoms with Gasteiger partial charge in [-0.15, -0.1) is 0 Å². The summed E-state index contributed by atoms with van der Waals surface area (Å²) in [5, 5.41) is 3.93. The molecule has 2 rings (SSSR count). The van der Waals surface area contributed by atoms with Gasteiger partial charge >= 0.3 is 0 Å². The minimum absolute atomic E-state index is 0.146. The summed E-state index contributed by atoms with van der Waals surface area (Å²) in [5.74, 6) is 0. The van der Waals surface area contributed by atoms with Crippen LogP contribution in [-0.4, -0.2) is 48.8 Å². The van der Waals surface area contributed by atoms with Crippen molar-refractivity contribution in [3.8, 4) is 0 Å². The van der Waals surface area contributed by atoms with Gasteiger partial charge in [0.05, 0.1) is 5.60 Å². The van der Waals surface area contributed by atoms with Gasteiger partial charge in [-0.2, -0.15) is 0 Å². The second-order valence-electron chi connectivity index (χ2n) is 6.65. The molecule has 3 atom stereocenters. The fourth-order valence-corrected chi connectivity index (χ4v) is 3.69. The lowest BCUT2D eigenvalue weighted by Crippen LogP contribution is -2.53. The minimum Gasteiger partial charge on any atom is -0.375 e. The van der Waals surface area contributed by atoms with Gasteiger partial charge in [-0.1, -0.05) is 13.8 Å². The molecule has 2 aliphatic rings. The number of likely N-dealkylation sites (tertiary alicyclic amines) is 1. The molecule has 0 spiro atoms. The highest BCUT2D eigenvalue weighted by Gasteiger charge is 2.35. The van der Waals surface area contributed by atoms with Gasteiger partial charge in [0.1, 0.15) is 0 Å². The second kappa shape index (κ2) is 6.55. The molecule has 2 heterocycles. The van der Waals surface area contributed by atoms with E-state index < -0.39 is 0 Å². The zero-order chi connectivity index (χ0) is 13.9. The first-order valence-corrected chi connectivity index (χ1v) is 8.19. The highest BCUT2D eigenvalue weighted by Crippen LogP contribution is 2.32. The maximum atomic E-state index is 6.07. The summed E-state index contributed by atoms with van der Waals surface area (Å²) in [7, 11) is 2.24. The Hall–Kier alpha value is -0.120. The fraction of sp³-hybridized carbons (Fsp3) is 1.00. The molecule has 2 fully saturated rings. The average Bonchev–Trinajstić information content (AvgIpc) is 2.43. The molecular weight excluding hydrogens is 236 g/mol. The molecule has 0 bridgehead atoms.